The molecule has 3 rings (SSSR count). The van der Waals surface area contributed by atoms with Crippen molar-refractivity contribution in [2.75, 3.05) is 11.5 Å². The van der Waals surface area contributed by atoms with E-state index in [0.717, 1.165) is 16.7 Å². The molecule has 2 unspecified atom stereocenters. The van der Waals surface area contributed by atoms with E-state index in [1.54, 1.807) is 11.8 Å². The third kappa shape index (κ3) is 6.10. The number of carbonyl (C=O) groups excluding carboxylic acids is 1. The van der Waals surface area contributed by atoms with Gasteiger partial charge >= 0.3 is 0 Å². The fourth-order valence-corrected chi connectivity index (χ4v) is 5.83. The van der Waals surface area contributed by atoms with Gasteiger partial charge in [-0.25, -0.2) is 8.42 Å². The Morgan fingerprint density at radius 3 is 2.19 bits per heavy atom. The van der Waals surface area contributed by atoms with Crippen LogP contribution >= 0.6 is 0 Å². The van der Waals surface area contributed by atoms with E-state index in [9.17, 15) is 13.2 Å². The molecule has 0 aliphatic carbocycles. The Bertz CT molecular complexity index is 1010. The topological polar surface area (TPSA) is 63.7 Å². The van der Waals surface area contributed by atoms with Crippen molar-refractivity contribution in [3.63, 3.8) is 0 Å². The Kier molecular flexibility index (Phi) is 7.10. The van der Waals surface area contributed by atoms with E-state index in [2.05, 4.69) is 32.0 Å². The molecule has 0 bridgehead atoms. The zero-order valence-corrected chi connectivity index (χ0v) is 19.9. The molecule has 1 aliphatic heterocycles. The van der Waals surface area contributed by atoms with Crippen molar-refractivity contribution in [3.8, 4) is 5.75 Å². The van der Waals surface area contributed by atoms with Crippen molar-refractivity contribution < 1.29 is 17.9 Å². The Hall–Kier alpha value is -2.34. The number of amides is 1. The molecule has 1 heterocycles. The van der Waals surface area contributed by atoms with E-state index in [-0.39, 0.29) is 23.5 Å². The number of ether oxygens (including phenoxy) is 1. The molecule has 2 aromatic rings. The summed E-state index contributed by atoms with van der Waals surface area (Å²) in [6.07, 6.45) is -0.242. The number of sulfone groups is 1. The highest BCUT2D eigenvalue weighted by Crippen LogP contribution is 2.24. The zero-order valence-electron chi connectivity index (χ0n) is 19.1. The summed E-state index contributed by atoms with van der Waals surface area (Å²) in [7, 11) is -3.11. The van der Waals surface area contributed by atoms with E-state index in [4.69, 9.17) is 4.74 Å². The summed E-state index contributed by atoms with van der Waals surface area (Å²) < 4.78 is 30.2. The summed E-state index contributed by atoms with van der Waals surface area (Å²) in [6, 6.07) is 13.7. The first-order chi connectivity index (χ1) is 14.5. The number of hydrogen-bond acceptors (Lipinski definition) is 4. The highest BCUT2D eigenvalue weighted by molar-refractivity contribution is 7.91. The molecule has 168 valence electrons. The zero-order chi connectivity index (χ0) is 22.8. The first kappa shape index (κ1) is 23.3. The lowest BCUT2D eigenvalue weighted by Crippen LogP contribution is -2.46. The van der Waals surface area contributed by atoms with Crippen LogP contribution in [0.1, 0.15) is 55.4 Å². The molecule has 2 atom stereocenters. The molecule has 1 amide bonds. The molecule has 0 spiro atoms. The number of rotatable bonds is 7. The summed E-state index contributed by atoms with van der Waals surface area (Å²) in [4.78, 5) is 15.1. The Balaban J connectivity index is 1.81. The Labute approximate surface area is 186 Å². The summed E-state index contributed by atoms with van der Waals surface area (Å²) in [5, 5.41) is 0. The summed E-state index contributed by atoms with van der Waals surface area (Å²) in [5.41, 5.74) is 4.36. The van der Waals surface area contributed by atoms with Crippen LogP contribution in [0, 0.1) is 13.8 Å². The van der Waals surface area contributed by atoms with Gasteiger partial charge in [-0.3, -0.25) is 4.79 Å². The van der Waals surface area contributed by atoms with Crippen LogP contribution in [-0.4, -0.2) is 42.9 Å². The standard InChI is InChI=1S/C25H33NO4S/c1-17(2)22-8-6-21(7-9-22)15-26(23-10-11-31(28,29)16-23)25(27)20(5)30-24-13-18(3)12-19(4)14-24/h6-9,12-14,17,20,23H,10-11,15-16H2,1-5H3. The predicted octanol–water partition coefficient (Wildman–Crippen LogP) is 4.41. The Morgan fingerprint density at radius 2 is 1.68 bits per heavy atom. The molecule has 5 nitrogen and oxygen atoms in total. The molecule has 0 N–H and O–H groups in total. The number of aryl methyl sites for hydroxylation is 2. The van der Waals surface area contributed by atoms with E-state index < -0.39 is 15.9 Å². The lowest BCUT2D eigenvalue weighted by molar-refractivity contribution is -0.140. The first-order valence-electron chi connectivity index (χ1n) is 10.9. The van der Waals surface area contributed by atoms with Crippen LogP contribution in [0.3, 0.4) is 0 Å². The minimum absolute atomic E-state index is 0.0130. The average Bonchev–Trinajstić information content (AvgIpc) is 3.04. The average molecular weight is 444 g/mol. The van der Waals surface area contributed by atoms with Crippen molar-refractivity contribution in [1.29, 1.82) is 0 Å². The molecule has 1 saturated heterocycles. The molecule has 6 heteroatoms. The van der Waals surface area contributed by atoms with Crippen molar-refractivity contribution in [1.82, 2.24) is 4.90 Å². The Morgan fingerprint density at radius 1 is 1.06 bits per heavy atom. The molecule has 0 saturated carbocycles. The summed E-state index contributed by atoms with van der Waals surface area (Å²) >= 11 is 0. The lowest BCUT2D eigenvalue weighted by atomic mass is 10.0. The van der Waals surface area contributed by atoms with Gasteiger partial charge in [0.05, 0.1) is 11.5 Å². The lowest BCUT2D eigenvalue weighted by Gasteiger charge is -2.31. The van der Waals surface area contributed by atoms with Gasteiger partial charge in [-0.2, -0.15) is 0 Å². The third-order valence-corrected chi connectivity index (χ3v) is 7.54. The summed E-state index contributed by atoms with van der Waals surface area (Å²) in [5.74, 6) is 1.03. The van der Waals surface area contributed by atoms with Crippen LogP contribution in [0.25, 0.3) is 0 Å². The fraction of sp³-hybridized carbons (Fsp3) is 0.480. The molecule has 1 aliphatic rings. The van der Waals surface area contributed by atoms with E-state index >= 15 is 0 Å². The van der Waals surface area contributed by atoms with E-state index in [1.807, 2.05) is 38.1 Å². The van der Waals surface area contributed by atoms with Crippen LogP contribution in [0.15, 0.2) is 42.5 Å². The van der Waals surface area contributed by atoms with Gasteiger partial charge in [0.2, 0.25) is 0 Å². The minimum atomic E-state index is -3.11. The highest BCUT2D eigenvalue weighted by Gasteiger charge is 2.36. The molecule has 1 fully saturated rings. The van der Waals surface area contributed by atoms with Crippen LogP contribution in [-0.2, 0) is 21.2 Å². The second-order valence-corrected chi connectivity index (χ2v) is 11.2. The fourth-order valence-electron chi connectivity index (χ4n) is 4.10. The van der Waals surface area contributed by atoms with Crippen molar-refractivity contribution >= 4 is 15.7 Å². The van der Waals surface area contributed by atoms with Crippen molar-refractivity contribution in [2.45, 2.75) is 65.6 Å². The second kappa shape index (κ2) is 9.43. The molecular weight excluding hydrogens is 410 g/mol. The second-order valence-electron chi connectivity index (χ2n) is 9.00. The SMILES string of the molecule is Cc1cc(C)cc(OC(C)C(=O)N(Cc2ccc(C(C)C)cc2)C2CCS(=O)(=O)C2)c1. The van der Waals surface area contributed by atoms with E-state index in [1.165, 1.54) is 5.56 Å². The van der Waals surface area contributed by atoms with Gasteiger partial charge in [0.15, 0.2) is 15.9 Å². The predicted molar refractivity (Wildman–Crippen MR) is 124 cm³/mol. The molecule has 2 aromatic carbocycles. The van der Waals surface area contributed by atoms with Gasteiger partial charge in [-0.1, -0.05) is 44.2 Å². The maximum atomic E-state index is 13.4. The highest BCUT2D eigenvalue weighted by atomic mass is 32.2. The molecule has 0 radical (unpaired) electrons. The van der Waals surface area contributed by atoms with Crippen molar-refractivity contribution in [2.24, 2.45) is 0 Å². The van der Waals surface area contributed by atoms with Gasteiger partial charge in [-0.05, 0) is 67.5 Å². The monoisotopic (exact) mass is 443 g/mol. The number of nitrogens with zero attached hydrogens (tertiary/aromatic N) is 1. The summed E-state index contributed by atoms with van der Waals surface area (Å²) in [6.45, 7) is 10.4. The maximum absolute atomic E-state index is 13.4. The van der Waals surface area contributed by atoms with Crippen LogP contribution < -0.4 is 4.74 Å². The number of carbonyl (C=O) groups is 1. The van der Waals surface area contributed by atoms with Gasteiger partial charge in [0, 0.05) is 12.6 Å². The van der Waals surface area contributed by atoms with Crippen LogP contribution in [0.2, 0.25) is 0 Å². The van der Waals surface area contributed by atoms with Crippen molar-refractivity contribution in [3.05, 3.63) is 64.7 Å². The smallest absolute Gasteiger partial charge is 0.263 e. The molecule has 31 heavy (non-hydrogen) atoms. The van der Waals surface area contributed by atoms with Gasteiger partial charge in [0.25, 0.3) is 5.91 Å². The largest absolute Gasteiger partial charge is 0.481 e. The minimum Gasteiger partial charge on any atom is -0.481 e. The van der Waals surface area contributed by atoms with Crippen LogP contribution in [0.5, 0.6) is 5.75 Å². The first-order valence-corrected chi connectivity index (χ1v) is 12.7. The molecule has 0 aromatic heterocycles. The number of hydrogen-bond donors (Lipinski definition) is 0. The normalized spacial score (nSPS) is 18.7. The van der Waals surface area contributed by atoms with Gasteiger partial charge in [0.1, 0.15) is 5.75 Å². The van der Waals surface area contributed by atoms with Crippen LogP contribution in [0.4, 0.5) is 0 Å². The maximum Gasteiger partial charge on any atom is 0.263 e. The number of benzene rings is 2. The molecular formula is C25H33NO4S. The van der Waals surface area contributed by atoms with Gasteiger partial charge in [-0.15, -0.1) is 0 Å². The van der Waals surface area contributed by atoms with Gasteiger partial charge < -0.3 is 9.64 Å². The third-order valence-electron chi connectivity index (χ3n) is 5.79. The quantitative estimate of drug-likeness (QED) is 0.636. The van der Waals surface area contributed by atoms with E-state index in [0.29, 0.717) is 24.6 Å².